The van der Waals surface area contributed by atoms with Gasteiger partial charge in [-0.1, -0.05) is 18.2 Å². The molecule has 0 aliphatic heterocycles. The van der Waals surface area contributed by atoms with Crippen LogP contribution in [0.2, 0.25) is 0 Å². The Morgan fingerprint density at radius 3 is 2.22 bits per heavy atom. The zero-order valence-corrected chi connectivity index (χ0v) is 19.2. The van der Waals surface area contributed by atoms with Crippen LogP contribution in [-0.4, -0.2) is 42.6 Å². The molecule has 0 heterocycles. The SMILES string of the molecule is CNc1ccc(/C=N/Nc2ccc(S(=O)(=O)Nc3ccccc3C(=O)O)cc2[N+](=O)[O-])cc1[N+](=O)[O-]. The molecule has 4 N–H and O–H groups in total. The number of para-hydroxylation sites is 1. The normalized spacial score (nSPS) is 11.1. The van der Waals surface area contributed by atoms with Crippen molar-refractivity contribution >= 4 is 50.6 Å². The number of nitro benzene ring substituents is 2. The molecule has 3 aromatic carbocycles. The van der Waals surface area contributed by atoms with Gasteiger partial charge in [0.15, 0.2) is 0 Å². The number of anilines is 3. The van der Waals surface area contributed by atoms with Gasteiger partial charge >= 0.3 is 5.97 Å². The van der Waals surface area contributed by atoms with E-state index in [1.54, 1.807) is 0 Å². The van der Waals surface area contributed by atoms with E-state index in [4.69, 9.17) is 0 Å². The average Bonchev–Trinajstić information content (AvgIpc) is 2.83. The summed E-state index contributed by atoms with van der Waals surface area (Å²) in [4.78, 5) is 32.2. The highest BCUT2D eigenvalue weighted by atomic mass is 32.2. The maximum atomic E-state index is 12.8. The molecule has 0 amide bonds. The standard InChI is InChI=1S/C21H18N6O8S/c1-22-17-8-6-13(10-19(17)26(30)31)12-23-24-18-9-7-14(11-20(18)27(32)33)36(34,35)25-16-5-3-2-4-15(16)21(28)29/h2-12,22,24-25H,1H3,(H,28,29)/b23-12+. The van der Waals surface area contributed by atoms with Crippen LogP contribution in [0.1, 0.15) is 15.9 Å². The van der Waals surface area contributed by atoms with E-state index in [0.29, 0.717) is 5.56 Å². The van der Waals surface area contributed by atoms with Gasteiger partial charge in [0, 0.05) is 24.7 Å². The highest BCUT2D eigenvalue weighted by molar-refractivity contribution is 7.92. The van der Waals surface area contributed by atoms with Gasteiger partial charge in [-0.2, -0.15) is 5.10 Å². The second-order valence-electron chi connectivity index (χ2n) is 7.05. The minimum Gasteiger partial charge on any atom is -0.478 e. The topological polar surface area (TPSA) is 206 Å². The lowest BCUT2D eigenvalue weighted by Gasteiger charge is -2.11. The Morgan fingerprint density at radius 2 is 1.58 bits per heavy atom. The van der Waals surface area contributed by atoms with E-state index in [1.165, 1.54) is 55.7 Å². The lowest BCUT2D eigenvalue weighted by molar-refractivity contribution is -0.384. The summed E-state index contributed by atoms with van der Waals surface area (Å²) >= 11 is 0. The molecule has 36 heavy (non-hydrogen) atoms. The van der Waals surface area contributed by atoms with E-state index in [0.717, 1.165) is 18.2 Å². The van der Waals surface area contributed by atoms with Gasteiger partial charge in [-0.3, -0.25) is 30.4 Å². The summed E-state index contributed by atoms with van der Waals surface area (Å²) in [7, 11) is -2.85. The first-order valence-electron chi connectivity index (χ1n) is 9.92. The monoisotopic (exact) mass is 514 g/mol. The molecule has 0 fully saturated rings. The predicted octanol–water partition coefficient (Wildman–Crippen LogP) is 3.49. The third-order valence-corrected chi connectivity index (χ3v) is 6.13. The van der Waals surface area contributed by atoms with Gasteiger partial charge in [-0.15, -0.1) is 0 Å². The summed E-state index contributed by atoms with van der Waals surface area (Å²) in [6.45, 7) is 0. The fourth-order valence-corrected chi connectivity index (χ4v) is 4.15. The third kappa shape index (κ3) is 5.71. The molecular formula is C21H18N6O8S. The molecule has 0 aliphatic rings. The van der Waals surface area contributed by atoms with Crippen LogP contribution in [0, 0.1) is 20.2 Å². The molecule has 0 radical (unpaired) electrons. The first-order valence-corrected chi connectivity index (χ1v) is 11.4. The summed E-state index contributed by atoms with van der Waals surface area (Å²) in [5.74, 6) is -1.36. The first-order chi connectivity index (χ1) is 17.0. The fourth-order valence-electron chi connectivity index (χ4n) is 3.05. The van der Waals surface area contributed by atoms with Crippen molar-refractivity contribution in [2.75, 3.05) is 22.5 Å². The Bertz CT molecular complexity index is 1490. The molecule has 0 spiro atoms. The summed E-state index contributed by atoms with van der Waals surface area (Å²) in [5, 5.41) is 38.5. The Morgan fingerprint density at radius 1 is 0.944 bits per heavy atom. The van der Waals surface area contributed by atoms with Crippen molar-refractivity contribution in [3.8, 4) is 0 Å². The number of hydrogen-bond acceptors (Lipinski definition) is 10. The number of nitrogens with zero attached hydrogens (tertiary/aromatic N) is 3. The second kappa shape index (κ2) is 10.5. The number of hydrazone groups is 1. The highest BCUT2D eigenvalue weighted by Crippen LogP contribution is 2.29. The molecule has 15 heteroatoms. The van der Waals surface area contributed by atoms with Crippen molar-refractivity contribution in [2.24, 2.45) is 5.10 Å². The molecule has 0 saturated heterocycles. The van der Waals surface area contributed by atoms with E-state index in [9.17, 15) is 38.5 Å². The Hall–Kier alpha value is -5.05. The third-order valence-electron chi connectivity index (χ3n) is 4.76. The van der Waals surface area contributed by atoms with Crippen molar-refractivity contribution in [2.45, 2.75) is 4.90 Å². The number of aromatic carboxylic acids is 1. The number of nitrogens with one attached hydrogen (secondary N) is 3. The molecule has 0 aliphatic carbocycles. The van der Waals surface area contributed by atoms with Crippen LogP contribution in [0.25, 0.3) is 0 Å². The maximum Gasteiger partial charge on any atom is 0.337 e. The van der Waals surface area contributed by atoms with Gasteiger partial charge in [0.2, 0.25) is 0 Å². The van der Waals surface area contributed by atoms with Crippen LogP contribution in [0.5, 0.6) is 0 Å². The highest BCUT2D eigenvalue weighted by Gasteiger charge is 2.23. The molecule has 3 rings (SSSR count). The lowest BCUT2D eigenvalue weighted by Crippen LogP contribution is -2.16. The largest absolute Gasteiger partial charge is 0.478 e. The number of rotatable bonds is 10. The van der Waals surface area contributed by atoms with Crippen LogP contribution in [0.4, 0.5) is 28.4 Å². The first kappa shape index (κ1) is 25.6. The summed E-state index contributed by atoms with van der Waals surface area (Å²) in [6, 6.07) is 12.5. The Labute approximate surface area is 203 Å². The van der Waals surface area contributed by atoms with E-state index < -0.39 is 36.4 Å². The molecule has 0 atom stereocenters. The Balaban J connectivity index is 1.87. The van der Waals surface area contributed by atoms with Gasteiger partial charge in [0.1, 0.15) is 11.4 Å². The molecule has 3 aromatic rings. The van der Waals surface area contributed by atoms with E-state index in [2.05, 4.69) is 20.6 Å². The van der Waals surface area contributed by atoms with Gasteiger partial charge in [-0.05, 0) is 30.3 Å². The number of carbonyl (C=O) groups is 1. The molecule has 0 bridgehead atoms. The van der Waals surface area contributed by atoms with Crippen molar-refractivity contribution in [3.63, 3.8) is 0 Å². The van der Waals surface area contributed by atoms with E-state index in [1.807, 2.05) is 0 Å². The number of benzene rings is 3. The molecule has 14 nitrogen and oxygen atoms in total. The quantitative estimate of drug-likeness (QED) is 0.176. The average molecular weight is 514 g/mol. The number of sulfonamides is 1. The number of carboxylic acid groups (broad SMARTS) is 1. The van der Waals surface area contributed by atoms with Gasteiger partial charge in [0.25, 0.3) is 21.4 Å². The second-order valence-corrected chi connectivity index (χ2v) is 8.73. The number of hydrogen-bond donors (Lipinski definition) is 4. The summed E-state index contributed by atoms with van der Waals surface area (Å²) < 4.78 is 27.6. The van der Waals surface area contributed by atoms with Crippen LogP contribution in [0.3, 0.4) is 0 Å². The Kier molecular flexibility index (Phi) is 7.44. The van der Waals surface area contributed by atoms with Crippen molar-refractivity contribution in [1.29, 1.82) is 0 Å². The summed E-state index contributed by atoms with van der Waals surface area (Å²) in [5.41, 5.74) is 1.56. The van der Waals surface area contributed by atoms with Crippen LogP contribution >= 0.6 is 0 Å². The minimum absolute atomic E-state index is 0.150. The summed E-state index contributed by atoms with van der Waals surface area (Å²) in [6.07, 6.45) is 1.20. The number of nitro groups is 2. The van der Waals surface area contributed by atoms with Crippen LogP contribution < -0.4 is 15.5 Å². The van der Waals surface area contributed by atoms with Gasteiger partial charge < -0.3 is 10.4 Å². The van der Waals surface area contributed by atoms with Crippen molar-refractivity contribution < 1.29 is 28.2 Å². The number of carboxylic acids is 1. The molecule has 0 unspecified atom stereocenters. The molecule has 186 valence electrons. The van der Waals surface area contributed by atoms with Crippen molar-refractivity contribution in [1.82, 2.24) is 0 Å². The van der Waals surface area contributed by atoms with E-state index in [-0.39, 0.29) is 28.3 Å². The molecular weight excluding hydrogens is 496 g/mol. The van der Waals surface area contributed by atoms with Gasteiger partial charge in [0.05, 0.1) is 32.2 Å². The smallest absolute Gasteiger partial charge is 0.337 e. The zero-order valence-electron chi connectivity index (χ0n) is 18.4. The maximum absolute atomic E-state index is 12.8. The fraction of sp³-hybridized carbons (Fsp3) is 0.0476. The zero-order chi connectivity index (χ0) is 26.5. The minimum atomic E-state index is -4.38. The predicted molar refractivity (Wildman–Crippen MR) is 131 cm³/mol. The molecule has 0 aromatic heterocycles. The van der Waals surface area contributed by atoms with Gasteiger partial charge in [-0.25, -0.2) is 13.2 Å². The molecule has 0 saturated carbocycles. The lowest BCUT2D eigenvalue weighted by atomic mass is 10.2. The van der Waals surface area contributed by atoms with Crippen LogP contribution in [-0.2, 0) is 10.0 Å². The van der Waals surface area contributed by atoms with E-state index >= 15 is 0 Å². The van der Waals surface area contributed by atoms with Crippen molar-refractivity contribution in [3.05, 3.63) is 92.0 Å². The van der Waals surface area contributed by atoms with Crippen LogP contribution in [0.15, 0.2) is 70.7 Å².